The standard InChI is InChI=1S/C20H26N2O5/c1-13(21-19(26)27-20(2,3)4)18(25)22-11-7-10-16(22)17(24)15-9-6-5-8-14(15)12-23/h5-6,8-9,12-13,16H,7,10-11H2,1-4H3,(H,21,26)/t13-,16-/m0/s1. The summed E-state index contributed by atoms with van der Waals surface area (Å²) in [5.74, 6) is -0.603. The van der Waals surface area contributed by atoms with Crippen LogP contribution in [0, 0.1) is 0 Å². The van der Waals surface area contributed by atoms with Crippen molar-refractivity contribution in [2.24, 2.45) is 0 Å². The molecule has 2 amide bonds. The third-order valence-electron chi connectivity index (χ3n) is 4.30. The van der Waals surface area contributed by atoms with Crippen LogP contribution in [0.25, 0.3) is 0 Å². The molecule has 1 N–H and O–H groups in total. The number of hydrogen-bond acceptors (Lipinski definition) is 5. The Kier molecular flexibility index (Phi) is 6.36. The van der Waals surface area contributed by atoms with Crippen LogP contribution in [0.1, 0.15) is 61.3 Å². The Morgan fingerprint density at radius 1 is 1.26 bits per heavy atom. The number of aldehydes is 1. The summed E-state index contributed by atoms with van der Waals surface area (Å²) in [4.78, 5) is 50.3. The summed E-state index contributed by atoms with van der Waals surface area (Å²) >= 11 is 0. The highest BCUT2D eigenvalue weighted by Gasteiger charge is 2.37. The highest BCUT2D eigenvalue weighted by Crippen LogP contribution is 2.23. The van der Waals surface area contributed by atoms with Gasteiger partial charge in [0.1, 0.15) is 11.6 Å². The molecule has 0 aromatic heterocycles. The Bertz CT molecular complexity index is 738. The Morgan fingerprint density at radius 3 is 2.56 bits per heavy atom. The van der Waals surface area contributed by atoms with E-state index in [2.05, 4.69) is 5.32 Å². The van der Waals surface area contributed by atoms with E-state index in [1.807, 2.05) is 0 Å². The lowest BCUT2D eigenvalue weighted by atomic mass is 9.97. The first-order valence-corrected chi connectivity index (χ1v) is 9.02. The normalized spacial score (nSPS) is 17.9. The van der Waals surface area contributed by atoms with Crippen LogP contribution < -0.4 is 5.32 Å². The molecular formula is C20H26N2O5. The Balaban J connectivity index is 2.10. The van der Waals surface area contributed by atoms with Gasteiger partial charge in [0.05, 0.1) is 6.04 Å². The first-order valence-electron chi connectivity index (χ1n) is 9.02. The van der Waals surface area contributed by atoms with Gasteiger partial charge in [0.15, 0.2) is 12.1 Å². The maximum Gasteiger partial charge on any atom is 0.408 e. The molecule has 1 aliphatic rings. The molecule has 0 bridgehead atoms. The number of amides is 2. The molecule has 1 aromatic rings. The topological polar surface area (TPSA) is 92.8 Å². The van der Waals surface area contributed by atoms with Gasteiger partial charge in [0, 0.05) is 17.7 Å². The molecule has 0 aliphatic carbocycles. The zero-order valence-corrected chi connectivity index (χ0v) is 16.2. The number of likely N-dealkylation sites (tertiary alicyclic amines) is 1. The lowest BCUT2D eigenvalue weighted by molar-refractivity contribution is -0.133. The minimum atomic E-state index is -0.824. The molecule has 2 atom stereocenters. The number of alkyl carbamates (subject to hydrolysis) is 1. The van der Waals surface area contributed by atoms with Crippen molar-refractivity contribution < 1.29 is 23.9 Å². The third kappa shape index (κ3) is 5.15. The van der Waals surface area contributed by atoms with Gasteiger partial charge in [-0.25, -0.2) is 4.79 Å². The zero-order chi connectivity index (χ0) is 20.2. The minimum absolute atomic E-state index is 0.256. The van der Waals surface area contributed by atoms with E-state index in [1.54, 1.807) is 52.0 Å². The number of carbonyl (C=O) groups is 4. The maximum atomic E-state index is 12.9. The van der Waals surface area contributed by atoms with Gasteiger partial charge in [-0.15, -0.1) is 0 Å². The molecule has 1 saturated heterocycles. The van der Waals surface area contributed by atoms with Crippen molar-refractivity contribution in [3.63, 3.8) is 0 Å². The lowest BCUT2D eigenvalue weighted by Gasteiger charge is -2.28. The highest BCUT2D eigenvalue weighted by atomic mass is 16.6. The summed E-state index contributed by atoms with van der Waals surface area (Å²) < 4.78 is 5.17. The number of hydrogen-bond donors (Lipinski definition) is 1. The number of ketones is 1. The van der Waals surface area contributed by atoms with Gasteiger partial charge in [-0.1, -0.05) is 24.3 Å². The summed E-state index contributed by atoms with van der Waals surface area (Å²) in [6.07, 6.45) is 1.17. The highest BCUT2D eigenvalue weighted by molar-refractivity contribution is 6.07. The van der Waals surface area contributed by atoms with Crippen molar-refractivity contribution in [3.05, 3.63) is 35.4 Å². The molecule has 7 heteroatoms. The molecule has 1 aromatic carbocycles. The molecular weight excluding hydrogens is 348 g/mol. The molecule has 146 valence electrons. The van der Waals surface area contributed by atoms with Gasteiger partial charge in [0.25, 0.3) is 0 Å². The van der Waals surface area contributed by atoms with E-state index in [4.69, 9.17) is 4.74 Å². The fourth-order valence-electron chi connectivity index (χ4n) is 3.10. The maximum absolute atomic E-state index is 12.9. The van der Waals surface area contributed by atoms with E-state index in [0.29, 0.717) is 36.8 Å². The van der Waals surface area contributed by atoms with Crippen LogP contribution in [0.5, 0.6) is 0 Å². The predicted molar refractivity (Wildman–Crippen MR) is 99.7 cm³/mol. The Morgan fingerprint density at radius 2 is 1.93 bits per heavy atom. The van der Waals surface area contributed by atoms with Crippen molar-refractivity contribution in [2.75, 3.05) is 6.54 Å². The van der Waals surface area contributed by atoms with E-state index in [0.717, 1.165) is 0 Å². The molecule has 2 rings (SSSR count). The van der Waals surface area contributed by atoms with Gasteiger partial charge in [-0.3, -0.25) is 14.4 Å². The van der Waals surface area contributed by atoms with E-state index in [9.17, 15) is 19.2 Å². The smallest absolute Gasteiger partial charge is 0.408 e. The molecule has 1 heterocycles. The summed E-state index contributed by atoms with van der Waals surface area (Å²) in [5, 5.41) is 2.52. The van der Waals surface area contributed by atoms with Gasteiger partial charge in [-0.05, 0) is 40.5 Å². The Hall–Kier alpha value is -2.70. The van der Waals surface area contributed by atoms with Crippen LogP contribution >= 0.6 is 0 Å². The molecule has 0 radical (unpaired) electrons. The van der Waals surface area contributed by atoms with Crippen molar-refractivity contribution in [2.45, 2.75) is 58.2 Å². The Labute approximate surface area is 159 Å². The number of ether oxygens (including phenoxy) is 1. The zero-order valence-electron chi connectivity index (χ0n) is 16.2. The number of carbonyl (C=O) groups excluding carboxylic acids is 4. The largest absolute Gasteiger partial charge is 0.444 e. The quantitative estimate of drug-likeness (QED) is 0.632. The number of benzene rings is 1. The summed E-state index contributed by atoms with van der Waals surface area (Å²) in [6.45, 7) is 7.19. The number of nitrogens with one attached hydrogen (secondary N) is 1. The summed E-state index contributed by atoms with van der Waals surface area (Å²) in [5.41, 5.74) is -0.0518. The van der Waals surface area contributed by atoms with Crippen molar-refractivity contribution in [1.82, 2.24) is 10.2 Å². The lowest BCUT2D eigenvalue weighted by Crippen LogP contribution is -2.51. The average Bonchev–Trinajstić information content (AvgIpc) is 3.08. The van der Waals surface area contributed by atoms with E-state index in [-0.39, 0.29) is 11.7 Å². The minimum Gasteiger partial charge on any atom is -0.444 e. The van der Waals surface area contributed by atoms with Crippen LogP contribution in [0.2, 0.25) is 0 Å². The fraction of sp³-hybridized carbons (Fsp3) is 0.500. The first kappa shape index (κ1) is 20.6. The second-order valence-electron chi connectivity index (χ2n) is 7.63. The molecule has 1 aliphatic heterocycles. The number of Topliss-reactive ketones (excluding diaryl/α,β-unsaturated/α-hetero) is 1. The first-order chi connectivity index (χ1) is 12.6. The predicted octanol–water partition coefficient (Wildman–Crippen LogP) is 2.59. The van der Waals surface area contributed by atoms with Crippen molar-refractivity contribution in [3.8, 4) is 0 Å². The molecule has 7 nitrogen and oxygen atoms in total. The molecule has 27 heavy (non-hydrogen) atoms. The van der Waals surface area contributed by atoms with Crippen LogP contribution in [-0.4, -0.2) is 53.2 Å². The van der Waals surface area contributed by atoms with Gasteiger partial charge in [-0.2, -0.15) is 0 Å². The van der Waals surface area contributed by atoms with Gasteiger partial charge in [0.2, 0.25) is 5.91 Å². The number of nitrogens with zero attached hydrogens (tertiary/aromatic N) is 1. The van der Waals surface area contributed by atoms with E-state index < -0.39 is 23.8 Å². The van der Waals surface area contributed by atoms with E-state index >= 15 is 0 Å². The molecule has 1 fully saturated rings. The molecule has 0 saturated carbocycles. The second kappa shape index (κ2) is 8.33. The van der Waals surface area contributed by atoms with Gasteiger partial charge >= 0.3 is 6.09 Å². The van der Waals surface area contributed by atoms with Crippen LogP contribution in [0.4, 0.5) is 4.79 Å². The monoisotopic (exact) mass is 374 g/mol. The van der Waals surface area contributed by atoms with E-state index in [1.165, 1.54) is 4.90 Å². The average molecular weight is 374 g/mol. The van der Waals surface area contributed by atoms with Crippen LogP contribution in [-0.2, 0) is 9.53 Å². The fourth-order valence-corrected chi connectivity index (χ4v) is 3.10. The van der Waals surface area contributed by atoms with Crippen molar-refractivity contribution >= 4 is 24.1 Å². The van der Waals surface area contributed by atoms with Crippen LogP contribution in [0.15, 0.2) is 24.3 Å². The van der Waals surface area contributed by atoms with Crippen molar-refractivity contribution in [1.29, 1.82) is 0 Å². The van der Waals surface area contributed by atoms with Gasteiger partial charge < -0.3 is 15.0 Å². The summed E-state index contributed by atoms with van der Waals surface area (Å²) in [7, 11) is 0. The second-order valence-corrected chi connectivity index (χ2v) is 7.63. The summed E-state index contributed by atoms with van der Waals surface area (Å²) in [6, 6.07) is 5.08. The third-order valence-corrected chi connectivity index (χ3v) is 4.30. The number of rotatable bonds is 5. The molecule has 0 spiro atoms. The SMILES string of the molecule is C[C@H](NC(=O)OC(C)(C)C)C(=O)N1CCC[C@H]1C(=O)c1ccccc1C=O. The molecule has 0 unspecified atom stereocenters. The van der Waals surface area contributed by atoms with Crippen LogP contribution in [0.3, 0.4) is 0 Å².